The molecule has 5 heteroatoms. The molecule has 3 N–H and O–H groups in total. The van der Waals surface area contributed by atoms with Gasteiger partial charge in [-0.2, -0.15) is 5.10 Å². The third kappa shape index (κ3) is 2.42. The lowest BCUT2D eigenvalue weighted by atomic mass is 10.1. The molecule has 0 spiro atoms. The maximum atomic E-state index is 12.3. The van der Waals surface area contributed by atoms with Gasteiger partial charge in [-0.05, 0) is 26.8 Å². The van der Waals surface area contributed by atoms with Gasteiger partial charge in [-0.1, -0.05) is 18.2 Å². The summed E-state index contributed by atoms with van der Waals surface area (Å²) < 4.78 is 0. The molecule has 0 saturated carbocycles. The zero-order chi connectivity index (χ0) is 15.0. The maximum Gasteiger partial charge on any atom is 0.229 e. The average Bonchev–Trinajstić information content (AvgIpc) is 2.93. The number of aromatic amines is 2. The average molecular weight is 282 g/mol. The summed E-state index contributed by atoms with van der Waals surface area (Å²) in [5.41, 5.74) is 5.63. The largest absolute Gasteiger partial charge is 0.357 e. The molecule has 21 heavy (non-hydrogen) atoms. The van der Waals surface area contributed by atoms with Gasteiger partial charge in [0.15, 0.2) is 0 Å². The lowest BCUT2D eigenvalue weighted by molar-refractivity contribution is -0.115. The van der Waals surface area contributed by atoms with Crippen molar-refractivity contribution >= 4 is 22.5 Å². The number of H-pyrrole nitrogens is 2. The summed E-state index contributed by atoms with van der Waals surface area (Å²) in [6.45, 7) is 5.80. The fourth-order valence-electron chi connectivity index (χ4n) is 2.62. The molecule has 1 amide bonds. The number of carbonyl (C=O) groups excluding carboxylic acids is 1. The third-order valence-corrected chi connectivity index (χ3v) is 3.78. The molecule has 5 nitrogen and oxygen atoms in total. The Morgan fingerprint density at radius 1 is 1.19 bits per heavy atom. The highest BCUT2D eigenvalue weighted by molar-refractivity contribution is 6.03. The molecule has 0 fully saturated rings. The Hall–Kier alpha value is -2.56. The Kier molecular flexibility index (Phi) is 3.25. The lowest BCUT2D eigenvalue weighted by Crippen LogP contribution is -2.15. The molecule has 0 bridgehead atoms. The van der Waals surface area contributed by atoms with Crippen molar-refractivity contribution in [1.29, 1.82) is 0 Å². The summed E-state index contributed by atoms with van der Waals surface area (Å²) in [7, 11) is 0. The van der Waals surface area contributed by atoms with Crippen molar-refractivity contribution in [3.63, 3.8) is 0 Å². The monoisotopic (exact) mass is 282 g/mol. The van der Waals surface area contributed by atoms with Crippen molar-refractivity contribution in [2.45, 2.75) is 27.2 Å². The van der Waals surface area contributed by atoms with Crippen molar-refractivity contribution in [1.82, 2.24) is 15.2 Å². The number of nitrogens with one attached hydrogen (secondary N) is 3. The molecular formula is C16H18N4O. The minimum absolute atomic E-state index is 0.0320. The van der Waals surface area contributed by atoms with Gasteiger partial charge in [0.05, 0.1) is 17.8 Å². The standard InChI is InChI=1S/C16H18N4O/c1-9-13(10(2)20-19-9)8-15(21)18-16-11(3)17-14-7-5-4-6-12(14)16/h4-7,17H,8H2,1-3H3,(H,18,21)(H,19,20). The van der Waals surface area contributed by atoms with Gasteiger partial charge in [-0.25, -0.2) is 0 Å². The number of amides is 1. The molecule has 0 radical (unpaired) electrons. The number of aryl methyl sites for hydroxylation is 3. The molecule has 0 saturated heterocycles. The van der Waals surface area contributed by atoms with Crippen LogP contribution in [-0.4, -0.2) is 21.1 Å². The van der Waals surface area contributed by atoms with E-state index >= 15 is 0 Å². The number of carbonyl (C=O) groups is 1. The number of rotatable bonds is 3. The second-order valence-corrected chi connectivity index (χ2v) is 5.31. The number of nitrogens with zero attached hydrogens (tertiary/aromatic N) is 1. The fraction of sp³-hybridized carbons (Fsp3) is 0.250. The van der Waals surface area contributed by atoms with Crippen molar-refractivity contribution in [2.75, 3.05) is 5.32 Å². The van der Waals surface area contributed by atoms with E-state index < -0.39 is 0 Å². The van der Waals surface area contributed by atoms with Gasteiger partial charge in [-0.3, -0.25) is 9.89 Å². The molecule has 0 aliphatic carbocycles. The molecule has 0 unspecified atom stereocenters. The zero-order valence-corrected chi connectivity index (χ0v) is 12.4. The van der Waals surface area contributed by atoms with Crippen LogP contribution in [0.15, 0.2) is 24.3 Å². The fourth-order valence-corrected chi connectivity index (χ4v) is 2.62. The summed E-state index contributed by atoms with van der Waals surface area (Å²) >= 11 is 0. The minimum Gasteiger partial charge on any atom is -0.357 e. The minimum atomic E-state index is -0.0320. The topological polar surface area (TPSA) is 73.6 Å². The van der Waals surface area contributed by atoms with E-state index in [0.717, 1.165) is 39.2 Å². The van der Waals surface area contributed by atoms with E-state index in [9.17, 15) is 4.79 Å². The molecule has 1 aromatic carbocycles. The van der Waals surface area contributed by atoms with Crippen LogP contribution < -0.4 is 5.32 Å². The van der Waals surface area contributed by atoms with Gasteiger partial charge in [0, 0.05) is 27.9 Å². The number of fused-ring (bicyclic) bond motifs is 1. The quantitative estimate of drug-likeness (QED) is 0.691. The van der Waals surface area contributed by atoms with Gasteiger partial charge in [0.2, 0.25) is 5.91 Å². The highest BCUT2D eigenvalue weighted by Gasteiger charge is 2.14. The van der Waals surface area contributed by atoms with E-state index in [1.54, 1.807) is 0 Å². The third-order valence-electron chi connectivity index (χ3n) is 3.78. The normalized spacial score (nSPS) is 11.0. The van der Waals surface area contributed by atoms with Crippen LogP contribution in [0.1, 0.15) is 22.6 Å². The SMILES string of the molecule is Cc1n[nH]c(C)c1CC(=O)Nc1c(C)[nH]c2ccccc12. The Labute approximate surface area is 122 Å². The predicted molar refractivity (Wildman–Crippen MR) is 83.4 cm³/mol. The van der Waals surface area contributed by atoms with E-state index in [1.165, 1.54) is 0 Å². The Bertz CT molecular complexity index is 793. The Morgan fingerprint density at radius 2 is 1.95 bits per heavy atom. The number of benzene rings is 1. The molecule has 2 aromatic heterocycles. The molecule has 108 valence electrons. The first-order chi connectivity index (χ1) is 10.1. The first-order valence-corrected chi connectivity index (χ1v) is 6.94. The molecule has 0 aliphatic heterocycles. The predicted octanol–water partition coefficient (Wildman–Crippen LogP) is 3.00. The van der Waals surface area contributed by atoms with E-state index in [4.69, 9.17) is 0 Å². The van der Waals surface area contributed by atoms with Gasteiger partial charge < -0.3 is 10.3 Å². The van der Waals surface area contributed by atoms with Crippen LogP contribution in [0.3, 0.4) is 0 Å². The molecular weight excluding hydrogens is 264 g/mol. The first-order valence-electron chi connectivity index (χ1n) is 6.94. The summed E-state index contributed by atoms with van der Waals surface area (Å²) in [5.74, 6) is -0.0320. The molecule has 3 rings (SSSR count). The van der Waals surface area contributed by atoms with Crippen LogP contribution >= 0.6 is 0 Å². The summed E-state index contributed by atoms with van der Waals surface area (Å²) in [5, 5.41) is 11.1. The van der Waals surface area contributed by atoms with Crippen molar-refractivity contribution in [2.24, 2.45) is 0 Å². The Balaban J connectivity index is 1.85. The zero-order valence-electron chi connectivity index (χ0n) is 12.4. The summed E-state index contributed by atoms with van der Waals surface area (Å²) in [4.78, 5) is 15.6. The van der Waals surface area contributed by atoms with Crippen molar-refractivity contribution < 1.29 is 4.79 Å². The Morgan fingerprint density at radius 3 is 2.67 bits per heavy atom. The van der Waals surface area contributed by atoms with Crippen LogP contribution in [0, 0.1) is 20.8 Å². The second kappa shape index (κ2) is 5.09. The van der Waals surface area contributed by atoms with Gasteiger partial charge in [0.25, 0.3) is 0 Å². The highest BCUT2D eigenvalue weighted by atomic mass is 16.1. The van der Waals surface area contributed by atoms with E-state index in [0.29, 0.717) is 6.42 Å². The number of aromatic nitrogens is 3. The van der Waals surface area contributed by atoms with Crippen molar-refractivity contribution in [3.8, 4) is 0 Å². The van der Waals surface area contributed by atoms with Gasteiger partial charge in [0.1, 0.15) is 0 Å². The smallest absolute Gasteiger partial charge is 0.229 e. The highest BCUT2D eigenvalue weighted by Crippen LogP contribution is 2.27. The van der Waals surface area contributed by atoms with E-state index in [2.05, 4.69) is 20.5 Å². The molecule has 0 aliphatic rings. The first kappa shape index (κ1) is 13.4. The van der Waals surface area contributed by atoms with Gasteiger partial charge in [-0.15, -0.1) is 0 Å². The lowest BCUT2D eigenvalue weighted by Gasteiger charge is -2.06. The van der Waals surface area contributed by atoms with Crippen LogP contribution in [0.5, 0.6) is 0 Å². The van der Waals surface area contributed by atoms with E-state index in [1.807, 2.05) is 45.0 Å². The number of para-hydroxylation sites is 1. The summed E-state index contributed by atoms with van der Waals surface area (Å²) in [6.07, 6.45) is 0.327. The molecule has 0 atom stereocenters. The van der Waals surface area contributed by atoms with Crippen molar-refractivity contribution in [3.05, 3.63) is 46.9 Å². The number of anilines is 1. The number of hydrogen-bond acceptors (Lipinski definition) is 2. The van der Waals surface area contributed by atoms with Crippen LogP contribution in [-0.2, 0) is 11.2 Å². The van der Waals surface area contributed by atoms with Crippen LogP contribution in [0.25, 0.3) is 10.9 Å². The maximum absolute atomic E-state index is 12.3. The van der Waals surface area contributed by atoms with Crippen LogP contribution in [0.4, 0.5) is 5.69 Å². The summed E-state index contributed by atoms with van der Waals surface area (Å²) in [6, 6.07) is 7.95. The van der Waals surface area contributed by atoms with Gasteiger partial charge >= 0.3 is 0 Å². The number of hydrogen-bond donors (Lipinski definition) is 3. The molecule has 3 aromatic rings. The molecule has 2 heterocycles. The van der Waals surface area contributed by atoms with Crippen LogP contribution in [0.2, 0.25) is 0 Å². The second-order valence-electron chi connectivity index (χ2n) is 5.31. The van der Waals surface area contributed by atoms with E-state index in [-0.39, 0.29) is 5.91 Å².